The summed E-state index contributed by atoms with van der Waals surface area (Å²) in [5, 5.41) is 3.52. The molecule has 0 spiro atoms. The first kappa shape index (κ1) is 17.0. The summed E-state index contributed by atoms with van der Waals surface area (Å²) in [6.07, 6.45) is 6.90. The topological polar surface area (TPSA) is 98.5 Å². The van der Waals surface area contributed by atoms with Gasteiger partial charge in [-0.1, -0.05) is 30.8 Å². The Labute approximate surface area is 130 Å². The molecule has 8 heteroatoms. The van der Waals surface area contributed by atoms with Gasteiger partial charge in [-0.3, -0.25) is 9.52 Å². The fourth-order valence-corrected chi connectivity index (χ4v) is 3.59. The smallest absolute Gasteiger partial charge is 0.262 e. The lowest BCUT2D eigenvalue weighted by Gasteiger charge is -2.20. The number of sulfonamides is 1. The fraction of sp³-hybridized carbons (Fsp3) is 0.714. The van der Waals surface area contributed by atoms with E-state index in [0.717, 1.165) is 25.7 Å². The SMILES string of the molecule is C[C@H](OC1CCCCCC1)C(=O)NS(=O)(=O)Cc1ccon1. The number of hydrogen-bond donors (Lipinski definition) is 1. The zero-order valence-corrected chi connectivity index (χ0v) is 13.5. The molecule has 7 nitrogen and oxygen atoms in total. The van der Waals surface area contributed by atoms with Gasteiger partial charge in [0.15, 0.2) is 0 Å². The molecule has 0 unspecified atom stereocenters. The van der Waals surface area contributed by atoms with E-state index in [9.17, 15) is 13.2 Å². The summed E-state index contributed by atoms with van der Waals surface area (Å²) in [7, 11) is -3.80. The Morgan fingerprint density at radius 2 is 2.09 bits per heavy atom. The molecule has 1 aromatic rings. The van der Waals surface area contributed by atoms with Crippen molar-refractivity contribution in [2.75, 3.05) is 0 Å². The second-order valence-corrected chi connectivity index (χ2v) is 7.33. The molecule has 0 bridgehead atoms. The lowest BCUT2D eigenvalue weighted by atomic mass is 10.1. The van der Waals surface area contributed by atoms with Crippen molar-refractivity contribution in [3.8, 4) is 0 Å². The van der Waals surface area contributed by atoms with E-state index < -0.39 is 27.8 Å². The van der Waals surface area contributed by atoms with Crippen molar-refractivity contribution >= 4 is 15.9 Å². The number of rotatable bonds is 6. The molecule has 1 fully saturated rings. The van der Waals surface area contributed by atoms with Crippen molar-refractivity contribution in [2.24, 2.45) is 0 Å². The van der Waals surface area contributed by atoms with Crippen LogP contribution < -0.4 is 4.72 Å². The summed E-state index contributed by atoms with van der Waals surface area (Å²) >= 11 is 0. The van der Waals surface area contributed by atoms with Crippen LogP contribution in [0.5, 0.6) is 0 Å². The van der Waals surface area contributed by atoms with E-state index in [1.807, 2.05) is 4.72 Å². The van der Waals surface area contributed by atoms with Gasteiger partial charge in [0.2, 0.25) is 10.0 Å². The lowest BCUT2D eigenvalue weighted by molar-refractivity contribution is -0.133. The minimum Gasteiger partial charge on any atom is -0.365 e. The van der Waals surface area contributed by atoms with Crippen LogP contribution in [0.15, 0.2) is 16.9 Å². The average molecular weight is 330 g/mol. The number of nitrogens with zero attached hydrogens (tertiary/aromatic N) is 1. The molecule has 0 aromatic carbocycles. The molecule has 2 rings (SSSR count). The monoisotopic (exact) mass is 330 g/mol. The number of amides is 1. The Bertz CT molecular complexity index is 562. The molecule has 1 atom stereocenters. The van der Waals surface area contributed by atoms with E-state index in [4.69, 9.17) is 4.74 Å². The van der Waals surface area contributed by atoms with Crippen LogP contribution in [-0.2, 0) is 25.3 Å². The van der Waals surface area contributed by atoms with Crippen molar-refractivity contribution in [1.82, 2.24) is 9.88 Å². The Morgan fingerprint density at radius 3 is 2.68 bits per heavy atom. The van der Waals surface area contributed by atoms with Gasteiger partial charge in [0.05, 0.1) is 6.10 Å². The van der Waals surface area contributed by atoms with Crippen LogP contribution in [0.1, 0.15) is 51.1 Å². The molecular formula is C14H22N2O5S. The Kier molecular flexibility index (Phi) is 5.96. The highest BCUT2D eigenvalue weighted by Crippen LogP contribution is 2.21. The van der Waals surface area contributed by atoms with E-state index in [0.29, 0.717) is 0 Å². The molecule has 22 heavy (non-hydrogen) atoms. The second kappa shape index (κ2) is 7.73. The van der Waals surface area contributed by atoms with Crippen LogP contribution in [0.25, 0.3) is 0 Å². The molecule has 0 aliphatic heterocycles. The minimum absolute atomic E-state index is 0.0292. The van der Waals surface area contributed by atoms with Gasteiger partial charge in [-0.15, -0.1) is 0 Å². The zero-order valence-electron chi connectivity index (χ0n) is 12.7. The van der Waals surface area contributed by atoms with Crippen LogP contribution in [0, 0.1) is 0 Å². The second-order valence-electron chi connectivity index (χ2n) is 5.61. The van der Waals surface area contributed by atoms with Gasteiger partial charge in [-0.25, -0.2) is 8.42 Å². The molecule has 1 saturated carbocycles. The first-order valence-electron chi connectivity index (χ1n) is 7.55. The summed E-state index contributed by atoms with van der Waals surface area (Å²) in [5.74, 6) is -1.04. The third-order valence-electron chi connectivity index (χ3n) is 3.65. The first-order valence-corrected chi connectivity index (χ1v) is 9.20. The first-order chi connectivity index (χ1) is 10.5. The van der Waals surface area contributed by atoms with Crippen molar-refractivity contribution in [3.63, 3.8) is 0 Å². The van der Waals surface area contributed by atoms with E-state index in [1.165, 1.54) is 25.2 Å². The van der Waals surface area contributed by atoms with Crippen LogP contribution in [-0.4, -0.2) is 31.7 Å². The van der Waals surface area contributed by atoms with Gasteiger partial charge in [0.25, 0.3) is 5.91 Å². The Morgan fingerprint density at radius 1 is 1.41 bits per heavy atom. The van der Waals surface area contributed by atoms with E-state index in [-0.39, 0.29) is 11.8 Å². The van der Waals surface area contributed by atoms with Gasteiger partial charge >= 0.3 is 0 Å². The van der Waals surface area contributed by atoms with E-state index in [1.54, 1.807) is 6.92 Å². The average Bonchev–Trinajstić information content (AvgIpc) is 2.80. The fourth-order valence-electron chi connectivity index (χ4n) is 2.51. The maximum Gasteiger partial charge on any atom is 0.262 e. The summed E-state index contributed by atoms with van der Waals surface area (Å²) in [6, 6.07) is 1.44. The predicted molar refractivity (Wildman–Crippen MR) is 79.3 cm³/mol. The summed E-state index contributed by atoms with van der Waals surface area (Å²) in [5.41, 5.74) is 0.248. The van der Waals surface area contributed by atoms with Crippen LogP contribution in [0.2, 0.25) is 0 Å². The van der Waals surface area contributed by atoms with Crippen LogP contribution in [0.3, 0.4) is 0 Å². The molecule has 1 N–H and O–H groups in total. The maximum atomic E-state index is 12.0. The normalized spacial score (nSPS) is 18.6. The van der Waals surface area contributed by atoms with Gasteiger partial charge in [0.1, 0.15) is 23.8 Å². The summed E-state index contributed by atoms with van der Waals surface area (Å²) in [6.45, 7) is 1.58. The van der Waals surface area contributed by atoms with E-state index in [2.05, 4.69) is 9.68 Å². The number of carbonyl (C=O) groups is 1. The Balaban J connectivity index is 1.84. The third-order valence-corrected chi connectivity index (χ3v) is 4.84. The van der Waals surface area contributed by atoms with Gasteiger partial charge in [-0.2, -0.15) is 0 Å². The van der Waals surface area contributed by atoms with Crippen LogP contribution >= 0.6 is 0 Å². The quantitative estimate of drug-likeness (QED) is 0.798. The van der Waals surface area contributed by atoms with E-state index >= 15 is 0 Å². The highest BCUT2D eigenvalue weighted by atomic mass is 32.2. The third kappa shape index (κ3) is 5.42. The highest BCUT2D eigenvalue weighted by molar-refractivity contribution is 7.89. The van der Waals surface area contributed by atoms with Crippen molar-refractivity contribution in [3.05, 3.63) is 18.0 Å². The van der Waals surface area contributed by atoms with Gasteiger partial charge in [-0.05, 0) is 19.8 Å². The van der Waals surface area contributed by atoms with Crippen molar-refractivity contribution in [2.45, 2.75) is 63.4 Å². The molecule has 0 saturated heterocycles. The number of hydrogen-bond acceptors (Lipinski definition) is 6. The Hall–Kier alpha value is -1.41. The minimum atomic E-state index is -3.80. The number of carbonyl (C=O) groups excluding carboxylic acids is 1. The van der Waals surface area contributed by atoms with Crippen LogP contribution in [0.4, 0.5) is 0 Å². The molecule has 1 heterocycles. The highest BCUT2D eigenvalue weighted by Gasteiger charge is 2.24. The molecular weight excluding hydrogens is 308 g/mol. The van der Waals surface area contributed by atoms with Crippen molar-refractivity contribution < 1.29 is 22.5 Å². The molecule has 1 aromatic heterocycles. The maximum absolute atomic E-state index is 12.0. The largest absolute Gasteiger partial charge is 0.365 e. The lowest BCUT2D eigenvalue weighted by Crippen LogP contribution is -2.40. The zero-order chi connectivity index (χ0) is 16.0. The number of ether oxygens (including phenoxy) is 1. The molecule has 124 valence electrons. The number of aromatic nitrogens is 1. The predicted octanol–water partition coefficient (Wildman–Crippen LogP) is 1.75. The molecule has 0 radical (unpaired) electrons. The standard InChI is InChI=1S/C14H22N2O5S/c1-11(21-13-6-4-2-3-5-7-13)14(17)16-22(18,19)10-12-8-9-20-15-12/h8-9,11,13H,2-7,10H2,1H3,(H,16,17)/t11-/m0/s1. The summed E-state index contributed by atoms with van der Waals surface area (Å²) < 4.78 is 36.1. The van der Waals surface area contributed by atoms with Crippen molar-refractivity contribution in [1.29, 1.82) is 0 Å². The molecule has 1 aliphatic carbocycles. The number of nitrogens with one attached hydrogen (secondary N) is 1. The van der Waals surface area contributed by atoms with Gasteiger partial charge in [0, 0.05) is 6.07 Å². The van der Waals surface area contributed by atoms with Gasteiger partial charge < -0.3 is 9.26 Å². The molecule has 1 amide bonds. The summed E-state index contributed by atoms with van der Waals surface area (Å²) in [4.78, 5) is 12.0. The molecule has 1 aliphatic rings.